The Kier molecular flexibility index (Phi) is 5.66. The van der Waals surface area contributed by atoms with Gasteiger partial charge in [-0.05, 0) is 55.6 Å². The average molecular weight is 363 g/mol. The molecule has 1 atom stereocenters. The van der Waals surface area contributed by atoms with Crippen molar-refractivity contribution in [3.05, 3.63) is 23.0 Å². The summed E-state index contributed by atoms with van der Waals surface area (Å²) in [5, 5.41) is 9.88. The van der Waals surface area contributed by atoms with E-state index in [9.17, 15) is 9.90 Å². The van der Waals surface area contributed by atoms with Crippen molar-refractivity contribution in [2.45, 2.75) is 59.4 Å². The lowest BCUT2D eigenvalue weighted by Gasteiger charge is -2.45. The molecular weight excluding hydrogens is 328 g/mol. The third-order valence-electron chi connectivity index (χ3n) is 5.66. The summed E-state index contributed by atoms with van der Waals surface area (Å²) >= 11 is 0. The first-order valence-electron chi connectivity index (χ1n) is 10.0. The Hall–Kier alpha value is -1.49. The number of carboxylic acids is 1. The van der Waals surface area contributed by atoms with Crippen molar-refractivity contribution in [1.82, 2.24) is 9.80 Å². The van der Waals surface area contributed by atoms with E-state index in [1.807, 2.05) is 6.92 Å². The molecule has 3 rings (SSSR count). The van der Waals surface area contributed by atoms with Crippen molar-refractivity contribution in [3.8, 4) is 0 Å². The van der Waals surface area contributed by atoms with Crippen LogP contribution in [0.5, 0.6) is 0 Å². The molecule has 0 aromatic heterocycles. The van der Waals surface area contributed by atoms with E-state index >= 15 is 0 Å². The molecule has 146 valence electrons. The predicted octanol–water partition coefficient (Wildman–Crippen LogP) is 3.48. The Morgan fingerprint density at radius 1 is 1.27 bits per heavy atom. The number of hydrogen-bond acceptors (Lipinski definition) is 4. The molecule has 0 amide bonds. The van der Waals surface area contributed by atoms with Crippen molar-refractivity contribution >= 4 is 5.97 Å². The van der Waals surface area contributed by atoms with Gasteiger partial charge in [-0.3, -0.25) is 0 Å². The topological polar surface area (TPSA) is 53.0 Å². The Balaban J connectivity index is 1.88. The van der Waals surface area contributed by atoms with Crippen LogP contribution in [0.25, 0.3) is 0 Å². The van der Waals surface area contributed by atoms with Crippen molar-refractivity contribution in [3.63, 3.8) is 0 Å². The van der Waals surface area contributed by atoms with Gasteiger partial charge >= 0.3 is 5.97 Å². The number of hydrogen-bond donors (Lipinski definition) is 1. The summed E-state index contributed by atoms with van der Waals surface area (Å²) in [6, 6.07) is 0.0234. The summed E-state index contributed by atoms with van der Waals surface area (Å²) in [5.41, 5.74) is 1.83. The molecular formula is C21H34N2O3. The Morgan fingerprint density at radius 3 is 2.46 bits per heavy atom. The first-order valence-corrected chi connectivity index (χ1v) is 10.0. The molecule has 2 aliphatic heterocycles. The molecule has 0 aromatic carbocycles. The maximum atomic E-state index is 12.0. The van der Waals surface area contributed by atoms with E-state index in [2.05, 4.69) is 36.6 Å². The second-order valence-corrected chi connectivity index (χ2v) is 9.14. The SMILES string of the molecule is CC1=C(C(=O)O)C(C2CC2)N(CCCC(C)(C)C)C(N2CCOCC2)=C1. The number of aliphatic carboxylic acids is 1. The lowest BCUT2D eigenvalue weighted by atomic mass is 9.89. The highest BCUT2D eigenvalue weighted by Gasteiger charge is 2.44. The standard InChI is InChI=1S/C21H34N2O3/c1-15-14-17(22-10-12-26-13-11-22)23(9-5-8-21(2,3)4)19(16-6-7-16)18(15)20(24)25/h14,16,19H,5-13H2,1-4H3,(H,24,25). The maximum Gasteiger partial charge on any atom is 0.333 e. The number of carbonyl (C=O) groups is 1. The van der Waals surface area contributed by atoms with E-state index < -0.39 is 5.97 Å². The molecule has 5 heteroatoms. The Labute approximate surface area is 157 Å². The molecule has 1 aliphatic carbocycles. The largest absolute Gasteiger partial charge is 0.478 e. The smallest absolute Gasteiger partial charge is 0.333 e. The molecule has 5 nitrogen and oxygen atoms in total. The Bertz CT molecular complexity index is 593. The molecule has 0 radical (unpaired) electrons. The van der Waals surface area contributed by atoms with Crippen LogP contribution < -0.4 is 0 Å². The van der Waals surface area contributed by atoms with Crippen LogP contribution in [0.1, 0.15) is 53.4 Å². The van der Waals surface area contributed by atoms with E-state index in [0.29, 0.717) is 16.9 Å². The van der Waals surface area contributed by atoms with E-state index in [4.69, 9.17) is 4.74 Å². The van der Waals surface area contributed by atoms with Gasteiger partial charge in [-0.15, -0.1) is 0 Å². The second kappa shape index (κ2) is 7.63. The van der Waals surface area contributed by atoms with E-state index in [0.717, 1.165) is 64.1 Å². The molecule has 26 heavy (non-hydrogen) atoms. The van der Waals surface area contributed by atoms with Crippen molar-refractivity contribution in [1.29, 1.82) is 0 Å². The molecule has 1 unspecified atom stereocenters. The highest BCUT2D eigenvalue weighted by atomic mass is 16.5. The van der Waals surface area contributed by atoms with Crippen LogP contribution in [0.4, 0.5) is 0 Å². The fourth-order valence-electron chi connectivity index (χ4n) is 4.18. The van der Waals surface area contributed by atoms with Crippen LogP contribution >= 0.6 is 0 Å². The summed E-state index contributed by atoms with van der Waals surface area (Å²) in [7, 11) is 0. The van der Waals surface area contributed by atoms with E-state index in [-0.39, 0.29) is 6.04 Å². The summed E-state index contributed by atoms with van der Waals surface area (Å²) < 4.78 is 5.53. The number of morpholine rings is 1. The van der Waals surface area contributed by atoms with Crippen LogP contribution in [0, 0.1) is 11.3 Å². The number of rotatable bonds is 6. The number of nitrogens with zero attached hydrogens (tertiary/aromatic N) is 2. The van der Waals surface area contributed by atoms with Crippen molar-refractivity contribution in [2.24, 2.45) is 11.3 Å². The third kappa shape index (κ3) is 4.43. The van der Waals surface area contributed by atoms with Gasteiger partial charge in [0.25, 0.3) is 0 Å². The van der Waals surface area contributed by atoms with Crippen LogP contribution in [0.15, 0.2) is 23.0 Å². The zero-order chi connectivity index (χ0) is 18.9. The van der Waals surface area contributed by atoms with Crippen LogP contribution in [-0.4, -0.2) is 59.8 Å². The lowest BCUT2D eigenvalue weighted by Crippen LogP contribution is -2.50. The summed E-state index contributed by atoms with van der Waals surface area (Å²) in [4.78, 5) is 16.8. The molecule has 1 saturated heterocycles. The number of allylic oxidation sites excluding steroid dienone is 2. The fourth-order valence-corrected chi connectivity index (χ4v) is 4.18. The molecule has 0 spiro atoms. The summed E-state index contributed by atoms with van der Waals surface area (Å²) in [5.74, 6) is 0.939. The average Bonchev–Trinajstić information content (AvgIpc) is 3.39. The monoisotopic (exact) mass is 362 g/mol. The van der Waals surface area contributed by atoms with Gasteiger partial charge in [0.1, 0.15) is 5.82 Å². The second-order valence-electron chi connectivity index (χ2n) is 9.14. The zero-order valence-electron chi connectivity index (χ0n) is 16.8. The van der Waals surface area contributed by atoms with Crippen LogP contribution in [0.2, 0.25) is 0 Å². The molecule has 3 aliphatic rings. The third-order valence-corrected chi connectivity index (χ3v) is 5.66. The minimum absolute atomic E-state index is 0.0234. The van der Waals surface area contributed by atoms with Crippen LogP contribution in [0.3, 0.4) is 0 Å². The zero-order valence-corrected chi connectivity index (χ0v) is 16.8. The van der Waals surface area contributed by atoms with Gasteiger partial charge in [-0.1, -0.05) is 20.8 Å². The van der Waals surface area contributed by atoms with E-state index in [1.54, 1.807) is 0 Å². The molecule has 1 N–H and O–H groups in total. The highest BCUT2D eigenvalue weighted by molar-refractivity contribution is 5.90. The van der Waals surface area contributed by atoms with Gasteiger partial charge in [0.15, 0.2) is 0 Å². The van der Waals surface area contributed by atoms with E-state index in [1.165, 1.54) is 5.82 Å². The molecule has 0 aromatic rings. The molecule has 0 bridgehead atoms. The molecule has 1 saturated carbocycles. The van der Waals surface area contributed by atoms with Gasteiger partial charge in [0.2, 0.25) is 0 Å². The maximum absolute atomic E-state index is 12.0. The van der Waals surface area contributed by atoms with Gasteiger partial charge in [-0.2, -0.15) is 0 Å². The highest BCUT2D eigenvalue weighted by Crippen LogP contribution is 2.44. The van der Waals surface area contributed by atoms with Gasteiger partial charge < -0.3 is 19.6 Å². The normalized spacial score (nSPS) is 24.8. The van der Waals surface area contributed by atoms with Crippen molar-refractivity contribution < 1.29 is 14.6 Å². The minimum Gasteiger partial charge on any atom is -0.478 e. The quantitative estimate of drug-likeness (QED) is 0.784. The van der Waals surface area contributed by atoms with Gasteiger partial charge in [-0.25, -0.2) is 4.79 Å². The van der Waals surface area contributed by atoms with Gasteiger partial charge in [0, 0.05) is 19.6 Å². The van der Waals surface area contributed by atoms with Gasteiger partial charge in [0.05, 0.1) is 24.8 Å². The first kappa shape index (κ1) is 19.3. The predicted molar refractivity (Wildman–Crippen MR) is 103 cm³/mol. The number of carboxylic acid groups (broad SMARTS) is 1. The summed E-state index contributed by atoms with van der Waals surface area (Å²) in [6.45, 7) is 13.0. The summed E-state index contributed by atoms with van der Waals surface area (Å²) in [6.07, 6.45) is 6.61. The van der Waals surface area contributed by atoms with Crippen LogP contribution in [-0.2, 0) is 9.53 Å². The number of ether oxygens (including phenoxy) is 1. The molecule has 2 heterocycles. The Morgan fingerprint density at radius 2 is 1.92 bits per heavy atom. The first-order chi connectivity index (χ1) is 12.3. The minimum atomic E-state index is -0.752. The lowest BCUT2D eigenvalue weighted by molar-refractivity contribution is -0.133. The fraction of sp³-hybridized carbons (Fsp3) is 0.762. The van der Waals surface area contributed by atoms with Crippen molar-refractivity contribution in [2.75, 3.05) is 32.8 Å². The molecule has 2 fully saturated rings.